The van der Waals surface area contributed by atoms with Crippen LogP contribution in [0.1, 0.15) is 6.42 Å². The predicted octanol–water partition coefficient (Wildman–Crippen LogP) is 1.45. The molecule has 1 saturated carbocycles. The number of hydrogen-bond acceptors (Lipinski definition) is 0. The molecule has 1 fully saturated rings. The minimum Gasteiger partial charge on any atom is -0.126 e. The first-order chi connectivity index (χ1) is 2.43. The molecule has 0 nitrogen and oxygen atoms in total. The Labute approximate surface area is 37.1 Å². The molecule has 0 heterocycles. The van der Waals surface area contributed by atoms with Crippen LogP contribution in [0, 0.1) is 12.3 Å². The Morgan fingerprint density at radius 3 is 2.60 bits per heavy atom. The maximum atomic E-state index is 5.37. The van der Waals surface area contributed by atoms with Gasteiger partial charge in [0.15, 0.2) is 0 Å². The Kier molecular flexibility index (Phi) is 0.817. The van der Waals surface area contributed by atoms with E-state index >= 15 is 0 Å². The normalized spacial score (nSPS) is 23.4. The minimum atomic E-state index is 0.775. The third-order valence-electron chi connectivity index (χ3n) is 0.767. The van der Waals surface area contributed by atoms with E-state index in [2.05, 4.69) is 6.42 Å². The van der Waals surface area contributed by atoms with Crippen LogP contribution in [0.25, 0.3) is 0 Å². The average Bonchev–Trinajstić information content (AvgIpc) is 2.12. The van der Waals surface area contributed by atoms with Gasteiger partial charge in [-0.25, -0.2) is 0 Å². The Balaban J connectivity index is 2.00. The maximum absolute atomic E-state index is 5.37. The van der Waals surface area contributed by atoms with Crippen LogP contribution in [0.3, 0.4) is 0 Å². The monoisotopic (exact) mass is 89.0 g/mol. The summed E-state index contributed by atoms with van der Waals surface area (Å²) in [5.74, 6) is 1.61. The van der Waals surface area contributed by atoms with Gasteiger partial charge < -0.3 is 0 Å². The number of halogens is 1. The lowest BCUT2D eigenvalue weighted by molar-refractivity contribution is 1.03. The van der Waals surface area contributed by atoms with E-state index in [0.717, 1.165) is 11.8 Å². The molecule has 0 saturated heterocycles. The van der Waals surface area contributed by atoms with Gasteiger partial charge >= 0.3 is 0 Å². The Bertz CT molecular complexity index is 30.6. The molecule has 1 radical (unpaired) electrons. The van der Waals surface area contributed by atoms with Gasteiger partial charge in [0, 0.05) is 5.88 Å². The molecule has 29 valence electrons. The quantitative estimate of drug-likeness (QED) is 0.427. The highest BCUT2D eigenvalue weighted by Crippen LogP contribution is 2.27. The first-order valence-corrected chi connectivity index (χ1v) is 2.36. The van der Waals surface area contributed by atoms with Gasteiger partial charge in [-0.05, 0) is 18.8 Å². The van der Waals surface area contributed by atoms with E-state index in [1.807, 2.05) is 0 Å². The molecule has 0 aromatic carbocycles. The summed E-state index contributed by atoms with van der Waals surface area (Å²) in [7, 11) is 0. The van der Waals surface area contributed by atoms with Gasteiger partial charge in [0.2, 0.25) is 0 Å². The average molecular weight is 89.5 g/mol. The lowest BCUT2D eigenvalue weighted by Gasteiger charge is -1.70. The van der Waals surface area contributed by atoms with Crippen LogP contribution in [0.2, 0.25) is 0 Å². The Hall–Kier alpha value is 0.290. The summed E-state index contributed by atoms with van der Waals surface area (Å²) in [6.07, 6.45) is 3.47. The fourth-order valence-corrected chi connectivity index (χ4v) is 0.474. The third-order valence-corrected chi connectivity index (χ3v) is 1.16. The third kappa shape index (κ3) is 0.804. The Morgan fingerprint density at radius 1 is 2.00 bits per heavy atom. The lowest BCUT2D eigenvalue weighted by atomic mass is 10.5. The van der Waals surface area contributed by atoms with Crippen LogP contribution in [0.15, 0.2) is 0 Å². The van der Waals surface area contributed by atoms with Crippen LogP contribution in [-0.2, 0) is 0 Å². The SMILES string of the molecule is ClCC1[CH]C1. The molecule has 0 spiro atoms. The van der Waals surface area contributed by atoms with Gasteiger partial charge in [0.25, 0.3) is 0 Å². The van der Waals surface area contributed by atoms with Gasteiger partial charge in [0.1, 0.15) is 0 Å². The number of hydrogen-bond donors (Lipinski definition) is 0. The molecule has 1 aliphatic rings. The first kappa shape index (κ1) is 3.48. The standard InChI is InChI=1S/C4H6Cl/c5-3-4-1-2-4/h1,4H,2-3H2. The van der Waals surface area contributed by atoms with Crippen molar-refractivity contribution in [2.24, 2.45) is 5.92 Å². The summed E-state index contributed by atoms with van der Waals surface area (Å²) < 4.78 is 0. The largest absolute Gasteiger partial charge is 0.126 e. The summed E-state index contributed by atoms with van der Waals surface area (Å²) in [6.45, 7) is 0. The molecule has 1 aliphatic carbocycles. The fourth-order valence-electron chi connectivity index (χ4n) is 0.222. The van der Waals surface area contributed by atoms with E-state index in [0.29, 0.717) is 0 Å². The second kappa shape index (κ2) is 1.17. The van der Waals surface area contributed by atoms with E-state index in [9.17, 15) is 0 Å². The maximum Gasteiger partial charge on any atom is 0.0254 e. The summed E-state index contributed by atoms with van der Waals surface area (Å²) in [6, 6.07) is 0. The van der Waals surface area contributed by atoms with Crippen molar-refractivity contribution in [3.63, 3.8) is 0 Å². The lowest BCUT2D eigenvalue weighted by Crippen LogP contribution is -1.67. The summed E-state index contributed by atoms with van der Waals surface area (Å²) >= 11 is 5.37. The zero-order chi connectivity index (χ0) is 3.70. The van der Waals surface area contributed by atoms with E-state index < -0.39 is 0 Å². The molecule has 0 amide bonds. The van der Waals surface area contributed by atoms with Gasteiger partial charge in [-0.2, -0.15) is 0 Å². The van der Waals surface area contributed by atoms with Crippen molar-refractivity contribution in [3.8, 4) is 0 Å². The van der Waals surface area contributed by atoms with Crippen molar-refractivity contribution in [2.45, 2.75) is 6.42 Å². The molecule has 0 aromatic heterocycles. The van der Waals surface area contributed by atoms with Crippen molar-refractivity contribution in [2.75, 3.05) is 5.88 Å². The molecule has 5 heavy (non-hydrogen) atoms. The molecule has 0 bridgehead atoms. The van der Waals surface area contributed by atoms with Crippen molar-refractivity contribution in [3.05, 3.63) is 6.42 Å². The smallest absolute Gasteiger partial charge is 0.0254 e. The molecule has 0 aliphatic heterocycles. The number of rotatable bonds is 1. The van der Waals surface area contributed by atoms with E-state index in [4.69, 9.17) is 11.6 Å². The van der Waals surface area contributed by atoms with Crippen LogP contribution < -0.4 is 0 Å². The minimum absolute atomic E-state index is 0.775. The molecule has 0 N–H and O–H groups in total. The van der Waals surface area contributed by atoms with E-state index in [1.54, 1.807) is 0 Å². The molecule has 1 heteroatoms. The highest BCUT2D eigenvalue weighted by molar-refractivity contribution is 6.18. The van der Waals surface area contributed by atoms with Gasteiger partial charge in [-0.3, -0.25) is 0 Å². The molecule has 0 aromatic rings. The van der Waals surface area contributed by atoms with Crippen molar-refractivity contribution in [1.82, 2.24) is 0 Å². The van der Waals surface area contributed by atoms with Gasteiger partial charge in [0.05, 0.1) is 0 Å². The zero-order valence-electron chi connectivity index (χ0n) is 2.95. The summed E-state index contributed by atoms with van der Waals surface area (Å²) in [4.78, 5) is 0. The molecule has 1 unspecified atom stereocenters. The van der Waals surface area contributed by atoms with Gasteiger partial charge in [-0.15, -0.1) is 11.6 Å². The predicted molar refractivity (Wildman–Crippen MR) is 23.1 cm³/mol. The van der Waals surface area contributed by atoms with E-state index in [1.165, 1.54) is 6.42 Å². The fraction of sp³-hybridized carbons (Fsp3) is 0.750. The second-order valence-electron chi connectivity index (χ2n) is 1.39. The van der Waals surface area contributed by atoms with Crippen LogP contribution in [0.5, 0.6) is 0 Å². The topological polar surface area (TPSA) is 0 Å². The second-order valence-corrected chi connectivity index (χ2v) is 1.69. The van der Waals surface area contributed by atoms with Crippen LogP contribution in [0.4, 0.5) is 0 Å². The highest BCUT2D eigenvalue weighted by Gasteiger charge is 2.19. The summed E-state index contributed by atoms with van der Waals surface area (Å²) in [5, 5.41) is 0. The molecular weight excluding hydrogens is 83.5 g/mol. The van der Waals surface area contributed by atoms with Crippen molar-refractivity contribution < 1.29 is 0 Å². The van der Waals surface area contributed by atoms with Crippen LogP contribution >= 0.6 is 11.6 Å². The molecule has 1 rings (SSSR count). The zero-order valence-corrected chi connectivity index (χ0v) is 3.70. The first-order valence-electron chi connectivity index (χ1n) is 1.83. The van der Waals surface area contributed by atoms with Crippen molar-refractivity contribution >= 4 is 11.6 Å². The van der Waals surface area contributed by atoms with Crippen molar-refractivity contribution in [1.29, 1.82) is 0 Å². The molecule has 1 atom stereocenters. The van der Waals surface area contributed by atoms with E-state index in [-0.39, 0.29) is 0 Å². The molecular formula is C4H6Cl. The summed E-state index contributed by atoms with van der Waals surface area (Å²) in [5.41, 5.74) is 0. The van der Waals surface area contributed by atoms with Crippen LogP contribution in [-0.4, -0.2) is 5.88 Å². The highest BCUT2D eigenvalue weighted by atomic mass is 35.5. The Morgan fingerprint density at radius 2 is 2.60 bits per heavy atom. The van der Waals surface area contributed by atoms with Gasteiger partial charge in [-0.1, -0.05) is 0 Å². The number of alkyl halides is 1.